The van der Waals surface area contributed by atoms with Crippen LogP contribution in [0.3, 0.4) is 0 Å². The number of ketones is 1. The number of aromatic nitrogens is 2. The molecule has 0 saturated heterocycles. The maximum atomic E-state index is 11.9. The van der Waals surface area contributed by atoms with Gasteiger partial charge in [-0.15, -0.1) is 0 Å². The molecule has 0 spiro atoms. The quantitative estimate of drug-likeness (QED) is 0.863. The molecule has 9 heteroatoms. The number of ether oxygens (including phenoxy) is 1. The van der Waals surface area contributed by atoms with Crippen LogP contribution in [0.4, 0.5) is 13.2 Å². The van der Waals surface area contributed by atoms with E-state index in [9.17, 15) is 22.8 Å². The number of nitrogens with zero attached hydrogens (tertiary/aromatic N) is 2. The van der Waals surface area contributed by atoms with Crippen molar-refractivity contribution < 1.29 is 32.6 Å². The zero-order valence-electron chi connectivity index (χ0n) is 9.19. The summed E-state index contributed by atoms with van der Waals surface area (Å²) in [5.74, 6) is -2.38. The molecule has 0 aromatic carbocycles. The second-order valence-electron chi connectivity index (χ2n) is 3.45. The second-order valence-corrected chi connectivity index (χ2v) is 3.45. The average Bonchev–Trinajstić information content (AvgIpc) is 2.56. The topological polar surface area (TPSA) is 81.4 Å². The van der Waals surface area contributed by atoms with E-state index in [0.29, 0.717) is 0 Å². The van der Waals surface area contributed by atoms with Gasteiger partial charge in [-0.25, -0.2) is 4.79 Å². The van der Waals surface area contributed by atoms with Gasteiger partial charge in [-0.05, 0) is 6.92 Å². The van der Waals surface area contributed by atoms with Crippen molar-refractivity contribution in [3.05, 3.63) is 11.9 Å². The van der Waals surface area contributed by atoms with Crippen LogP contribution in [-0.4, -0.2) is 39.4 Å². The fraction of sp³-hybridized carbons (Fsp3) is 0.444. The van der Waals surface area contributed by atoms with Crippen molar-refractivity contribution in [1.29, 1.82) is 0 Å². The summed E-state index contributed by atoms with van der Waals surface area (Å²) in [5, 5.41) is 12.2. The first-order valence-corrected chi connectivity index (χ1v) is 4.69. The molecular formula is C9H9F3N2O4. The third kappa shape index (κ3) is 4.07. The molecule has 1 rings (SSSR count). The number of carboxylic acids is 1. The summed E-state index contributed by atoms with van der Waals surface area (Å²) < 4.78 is 41.1. The Hall–Kier alpha value is -2.06. The van der Waals surface area contributed by atoms with E-state index in [-0.39, 0.29) is 12.3 Å². The van der Waals surface area contributed by atoms with E-state index in [0.717, 1.165) is 10.9 Å². The molecule has 0 fully saturated rings. The first-order valence-electron chi connectivity index (χ1n) is 4.69. The minimum atomic E-state index is -4.58. The monoisotopic (exact) mass is 266 g/mol. The fourth-order valence-electron chi connectivity index (χ4n) is 1.13. The van der Waals surface area contributed by atoms with Gasteiger partial charge in [0, 0.05) is 0 Å². The van der Waals surface area contributed by atoms with E-state index in [2.05, 4.69) is 9.84 Å². The highest BCUT2D eigenvalue weighted by molar-refractivity contribution is 5.88. The summed E-state index contributed by atoms with van der Waals surface area (Å²) in [5.41, 5.74) is -0.666. The number of hydrogen-bond acceptors (Lipinski definition) is 4. The Morgan fingerprint density at radius 3 is 2.56 bits per heavy atom. The van der Waals surface area contributed by atoms with Crippen LogP contribution >= 0.6 is 0 Å². The predicted molar refractivity (Wildman–Crippen MR) is 51.4 cm³/mol. The van der Waals surface area contributed by atoms with Crippen LogP contribution < -0.4 is 4.74 Å². The maximum absolute atomic E-state index is 11.9. The summed E-state index contributed by atoms with van der Waals surface area (Å²) in [6.07, 6.45) is -3.64. The van der Waals surface area contributed by atoms with Crippen molar-refractivity contribution in [3.63, 3.8) is 0 Å². The smallest absolute Gasteiger partial charge is 0.422 e. The molecule has 0 aliphatic heterocycles. The van der Waals surface area contributed by atoms with Crippen molar-refractivity contribution in [2.75, 3.05) is 6.61 Å². The number of alkyl halides is 3. The molecule has 0 bridgehead atoms. The Labute approximate surface area is 99.0 Å². The summed E-state index contributed by atoms with van der Waals surface area (Å²) in [7, 11) is 0. The molecule has 18 heavy (non-hydrogen) atoms. The van der Waals surface area contributed by atoms with Crippen molar-refractivity contribution in [1.82, 2.24) is 9.78 Å². The summed E-state index contributed by atoms with van der Waals surface area (Å²) in [6.45, 7) is -0.632. The Kier molecular flexibility index (Phi) is 3.94. The number of aromatic carboxylic acids is 1. The Balaban J connectivity index is 2.91. The zero-order chi connectivity index (χ0) is 13.9. The highest BCUT2D eigenvalue weighted by Gasteiger charge is 2.30. The van der Waals surface area contributed by atoms with Gasteiger partial charge < -0.3 is 9.84 Å². The van der Waals surface area contributed by atoms with E-state index in [1.165, 1.54) is 6.92 Å². The maximum Gasteiger partial charge on any atom is 0.422 e. The molecule has 0 amide bonds. The lowest BCUT2D eigenvalue weighted by atomic mass is 10.4. The van der Waals surface area contributed by atoms with Gasteiger partial charge in [0.2, 0.25) is 5.69 Å². The van der Waals surface area contributed by atoms with Crippen LogP contribution in [0.1, 0.15) is 17.4 Å². The normalized spacial score (nSPS) is 11.3. The van der Waals surface area contributed by atoms with Crippen molar-refractivity contribution in [2.24, 2.45) is 0 Å². The molecule has 100 valence electrons. The van der Waals surface area contributed by atoms with Gasteiger partial charge in [-0.1, -0.05) is 0 Å². The van der Waals surface area contributed by atoms with E-state index in [1.54, 1.807) is 0 Å². The molecule has 1 N–H and O–H groups in total. The number of rotatable bonds is 5. The molecular weight excluding hydrogens is 257 g/mol. The van der Waals surface area contributed by atoms with Gasteiger partial charge in [0.15, 0.2) is 18.1 Å². The van der Waals surface area contributed by atoms with Crippen LogP contribution in [-0.2, 0) is 11.3 Å². The van der Waals surface area contributed by atoms with Crippen LogP contribution in [0.25, 0.3) is 0 Å². The summed E-state index contributed by atoms with van der Waals surface area (Å²) in [4.78, 5) is 21.5. The van der Waals surface area contributed by atoms with Crippen LogP contribution in [0.15, 0.2) is 6.20 Å². The third-order valence-electron chi connectivity index (χ3n) is 1.71. The minimum absolute atomic E-state index is 0.240. The SMILES string of the molecule is CC(=O)Cn1cc(OCC(F)(F)F)c(C(=O)O)n1. The molecule has 1 aromatic rings. The Morgan fingerprint density at radius 2 is 2.11 bits per heavy atom. The number of Topliss-reactive ketones (excluding diaryl/α,β-unsaturated/α-hetero) is 1. The van der Waals surface area contributed by atoms with E-state index >= 15 is 0 Å². The van der Waals surface area contributed by atoms with Gasteiger partial charge in [0.1, 0.15) is 0 Å². The van der Waals surface area contributed by atoms with Crippen molar-refractivity contribution in [3.8, 4) is 5.75 Å². The third-order valence-corrected chi connectivity index (χ3v) is 1.71. The van der Waals surface area contributed by atoms with Gasteiger partial charge in [-0.3, -0.25) is 9.48 Å². The average molecular weight is 266 g/mol. The number of halogens is 3. The van der Waals surface area contributed by atoms with Gasteiger partial charge in [0.05, 0.1) is 12.7 Å². The fourth-order valence-corrected chi connectivity index (χ4v) is 1.13. The van der Waals surface area contributed by atoms with Crippen molar-refractivity contribution >= 4 is 11.8 Å². The molecule has 1 aromatic heterocycles. The first kappa shape index (κ1) is 14.0. The largest absolute Gasteiger partial charge is 0.480 e. The zero-order valence-corrected chi connectivity index (χ0v) is 9.19. The lowest BCUT2D eigenvalue weighted by Crippen LogP contribution is -2.19. The van der Waals surface area contributed by atoms with Crippen LogP contribution in [0, 0.1) is 0 Å². The first-order chi connectivity index (χ1) is 8.19. The number of carbonyl (C=O) groups is 2. The van der Waals surface area contributed by atoms with Gasteiger partial charge in [0.25, 0.3) is 0 Å². The highest BCUT2D eigenvalue weighted by atomic mass is 19.4. The molecule has 0 aliphatic carbocycles. The van der Waals surface area contributed by atoms with E-state index < -0.39 is 30.2 Å². The molecule has 0 radical (unpaired) electrons. The highest BCUT2D eigenvalue weighted by Crippen LogP contribution is 2.21. The Bertz CT molecular complexity index is 467. The van der Waals surface area contributed by atoms with Gasteiger partial charge >= 0.3 is 12.1 Å². The van der Waals surface area contributed by atoms with E-state index in [4.69, 9.17) is 5.11 Å². The van der Waals surface area contributed by atoms with Gasteiger partial charge in [-0.2, -0.15) is 18.3 Å². The predicted octanol–water partition coefficient (Wildman–Crippen LogP) is 1.11. The summed E-state index contributed by atoms with van der Waals surface area (Å²) in [6, 6.07) is 0. The number of carbonyl (C=O) groups excluding carboxylic acids is 1. The van der Waals surface area contributed by atoms with Crippen LogP contribution in [0.5, 0.6) is 5.75 Å². The number of carboxylic acid groups (broad SMARTS) is 1. The molecule has 0 atom stereocenters. The molecule has 0 saturated carbocycles. The lowest BCUT2D eigenvalue weighted by molar-refractivity contribution is -0.153. The molecule has 1 heterocycles. The van der Waals surface area contributed by atoms with Crippen LogP contribution in [0.2, 0.25) is 0 Å². The van der Waals surface area contributed by atoms with E-state index in [1.807, 2.05) is 0 Å². The Morgan fingerprint density at radius 1 is 1.50 bits per heavy atom. The standard InChI is InChI=1S/C9H9F3N2O4/c1-5(15)2-14-3-6(7(13-14)8(16)17)18-4-9(10,11)12/h3H,2,4H2,1H3,(H,16,17). The minimum Gasteiger partial charge on any atom is -0.480 e. The van der Waals surface area contributed by atoms with Crippen molar-refractivity contribution in [2.45, 2.75) is 19.6 Å². The summed E-state index contributed by atoms with van der Waals surface area (Å²) >= 11 is 0. The molecule has 0 aliphatic rings. The molecule has 0 unspecified atom stereocenters. The number of hydrogen-bond donors (Lipinski definition) is 1. The second kappa shape index (κ2) is 5.07. The molecule has 6 nitrogen and oxygen atoms in total. The lowest BCUT2D eigenvalue weighted by Gasteiger charge is -2.07.